The van der Waals surface area contributed by atoms with E-state index in [1.54, 1.807) is 30.3 Å². The lowest BCUT2D eigenvalue weighted by Crippen LogP contribution is -2.29. The molecule has 146 valence electrons. The number of ether oxygens (including phenoxy) is 1. The maximum atomic E-state index is 12.4. The Labute approximate surface area is 163 Å². The predicted molar refractivity (Wildman–Crippen MR) is 106 cm³/mol. The highest BCUT2D eigenvalue weighted by atomic mass is 32.2. The van der Waals surface area contributed by atoms with Gasteiger partial charge in [-0.3, -0.25) is 4.79 Å². The van der Waals surface area contributed by atoms with Crippen molar-refractivity contribution >= 4 is 26.8 Å². The molecule has 0 unspecified atom stereocenters. The molecule has 0 saturated carbocycles. The SMILES string of the molecule is COc1ccc(S(=O)(=O)CCNC(=O)c2ccc3nc(C)c(C)nc3c2)cc1. The van der Waals surface area contributed by atoms with E-state index in [0.29, 0.717) is 22.3 Å². The van der Waals surface area contributed by atoms with Gasteiger partial charge in [0.2, 0.25) is 0 Å². The topological polar surface area (TPSA) is 98.2 Å². The van der Waals surface area contributed by atoms with E-state index < -0.39 is 9.84 Å². The average Bonchev–Trinajstić information content (AvgIpc) is 2.68. The number of carbonyl (C=O) groups excluding carboxylic acids is 1. The van der Waals surface area contributed by atoms with Crippen LogP contribution in [0.2, 0.25) is 0 Å². The Kier molecular flexibility index (Phi) is 5.60. The molecule has 0 aliphatic rings. The summed E-state index contributed by atoms with van der Waals surface area (Å²) in [6.07, 6.45) is 0. The van der Waals surface area contributed by atoms with Crippen LogP contribution in [0.1, 0.15) is 21.7 Å². The molecule has 1 aromatic heterocycles. The van der Waals surface area contributed by atoms with Gasteiger partial charge in [0, 0.05) is 12.1 Å². The van der Waals surface area contributed by atoms with Gasteiger partial charge in [-0.05, 0) is 56.3 Å². The molecule has 0 radical (unpaired) electrons. The highest BCUT2D eigenvalue weighted by molar-refractivity contribution is 7.91. The van der Waals surface area contributed by atoms with Gasteiger partial charge in [0.15, 0.2) is 9.84 Å². The van der Waals surface area contributed by atoms with Crippen molar-refractivity contribution in [3.63, 3.8) is 0 Å². The Balaban J connectivity index is 1.66. The van der Waals surface area contributed by atoms with Crippen molar-refractivity contribution in [3.8, 4) is 5.75 Å². The number of methoxy groups -OCH3 is 1. The van der Waals surface area contributed by atoms with Crippen LogP contribution >= 0.6 is 0 Å². The van der Waals surface area contributed by atoms with E-state index in [9.17, 15) is 13.2 Å². The zero-order valence-corrected chi connectivity index (χ0v) is 16.7. The summed E-state index contributed by atoms with van der Waals surface area (Å²) in [5, 5.41) is 2.65. The number of aromatic nitrogens is 2. The summed E-state index contributed by atoms with van der Waals surface area (Å²) in [6.45, 7) is 3.74. The van der Waals surface area contributed by atoms with E-state index in [1.807, 2.05) is 13.8 Å². The molecule has 0 fully saturated rings. The summed E-state index contributed by atoms with van der Waals surface area (Å²) < 4.78 is 29.8. The molecule has 1 N–H and O–H groups in total. The second-order valence-electron chi connectivity index (χ2n) is 6.35. The minimum atomic E-state index is -3.50. The van der Waals surface area contributed by atoms with Gasteiger partial charge in [-0.1, -0.05) is 0 Å². The number of carbonyl (C=O) groups is 1. The molecule has 0 spiro atoms. The van der Waals surface area contributed by atoms with Crippen LogP contribution in [-0.4, -0.2) is 43.7 Å². The van der Waals surface area contributed by atoms with Crippen molar-refractivity contribution in [1.29, 1.82) is 0 Å². The average molecular weight is 399 g/mol. The second-order valence-corrected chi connectivity index (χ2v) is 8.46. The van der Waals surface area contributed by atoms with Crippen molar-refractivity contribution in [2.75, 3.05) is 19.4 Å². The predicted octanol–water partition coefficient (Wildman–Crippen LogP) is 2.46. The monoisotopic (exact) mass is 399 g/mol. The number of hydrogen-bond acceptors (Lipinski definition) is 6. The molecule has 2 aromatic carbocycles. The minimum Gasteiger partial charge on any atom is -0.497 e. The molecule has 3 rings (SSSR count). The summed E-state index contributed by atoms with van der Waals surface area (Å²) in [4.78, 5) is 21.4. The van der Waals surface area contributed by atoms with Gasteiger partial charge in [0.05, 0.1) is 40.2 Å². The van der Waals surface area contributed by atoms with Gasteiger partial charge in [-0.15, -0.1) is 0 Å². The molecular formula is C20H21N3O4S. The molecule has 0 aliphatic heterocycles. The molecule has 28 heavy (non-hydrogen) atoms. The van der Waals surface area contributed by atoms with Gasteiger partial charge in [-0.25, -0.2) is 18.4 Å². The molecule has 0 aliphatic carbocycles. The Morgan fingerprint density at radius 2 is 1.64 bits per heavy atom. The Bertz CT molecular complexity index is 1130. The molecule has 0 atom stereocenters. The first-order chi connectivity index (χ1) is 13.3. The third-order valence-electron chi connectivity index (χ3n) is 4.41. The van der Waals surface area contributed by atoms with Crippen LogP contribution in [0.25, 0.3) is 11.0 Å². The van der Waals surface area contributed by atoms with Gasteiger partial charge in [0.1, 0.15) is 5.75 Å². The maximum Gasteiger partial charge on any atom is 0.251 e. The van der Waals surface area contributed by atoms with E-state index in [0.717, 1.165) is 11.4 Å². The van der Waals surface area contributed by atoms with Crippen molar-refractivity contribution in [3.05, 3.63) is 59.4 Å². The van der Waals surface area contributed by atoms with E-state index >= 15 is 0 Å². The fourth-order valence-electron chi connectivity index (χ4n) is 2.67. The lowest BCUT2D eigenvalue weighted by molar-refractivity contribution is 0.0956. The molecule has 0 saturated heterocycles. The van der Waals surface area contributed by atoms with Crippen molar-refractivity contribution in [2.24, 2.45) is 0 Å². The number of sulfone groups is 1. The fourth-order valence-corrected chi connectivity index (χ4v) is 3.83. The normalized spacial score (nSPS) is 11.4. The van der Waals surface area contributed by atoms with Crippen LogP contribution in [-0.2, 0) is 9.84 Å². The zero-order chi connectivity index (χ0) is 20.3. The van der Waals surface area contributed by atoms with Gasteiger partial charge in [0.25, 0.3) is 5.91 Å². The summed E-state index contributed by atoms with van der Waals surface area (Å²) in [7, 11) is -1.99. The van der Waals surface area contributed by atoms with E-state index in [4.69, 9.17) is 4.74 Å². The Hall–Kier alpha value is -3.00. The number of benzene rings is 2. The fraction of sp³-hybridized carbons (Fsp3) is 0.250. The number of fused-ring (bicyclic) bond motifs is 1. The van der Waals surface area contributed by atoms with E-state index in [2.05, 4.69) is 15.3 Å². The Morgan fingerprint density at radius 3 is 2.29 bits per heavy atom. The van der Waals surface area contributed by atoms with Crippen molar-refractivity contribution in [1.82, 2.24) is 15.3 Å². The third kappa shape index (κ3) is 4.28. The maximum absolute atomic E-state index is 12.4. The van der Waals surface area contributed by atoms with E-state index in [-0.39, 0.29) is 23.1 Å². The van der Waals surface area contributed by atoms with Gasteiger partial charge < -0.3 is 10.1 Å². The van der Waals surface area contributed by atoms with Crippen molar-refractivity contribution in [2.45, 2.75) is 18.7 Å². The van der Waals surface area contributed by atoms with Crippen LogP contribution < -0.4 is 10.1 Å². The first kappa shape index (κ1) is 19.8. The molecule has 7 nitrogen and oxygen atoms in total. The van der Waals surface area contributed by atoms with Crippen molar-refractivity contribution < 1.29 is 17.9 Å². The summed E-state index contributed by atoms with van der Waals surface area (Å²) in [5.41, 5.74) is 3.39. The van der Waals surface area contributed by atoms with Gasteiger partial charge in [-0.2, -0.15) is 0 Å². The number of nitrogens with zero attached hydrogens (tertiary/aromatic N) is 2. The Morgan fingerprint density at radius 1 is 1.00 bits per heavy atom. The van der Waals surface area contributed by atoms with Crippen LogP contribution in [0.4, 0.5) is 0 Å². The smallest absolute Gasteiger partial charge is 0.251 e. The molecule has 0 bridgehead atoms. The lowest BCUT2D eigenvalue weighted by Gasteiger charge is -2.08. The number of rotatable bonds is 6. The minimum absolute atomic E-state index is 0.00381. The highest BCUT2D eigenvalue weighted by Crippen LogP contribution is 2.17. The van der Waals surface area contributed by atoms with Gasteiger partial charge >= 0.3 is 0 Å². The second kappa shape index (κ2) is 7.93. The highest BCUT2D eigenvalue weighted by Gasteiger charge is 2.15. The number of aryl methyl sites for hydroxylation is 2. The number of nitrogens with one attached hydrogen (secondary N) is 1. The molecule has 1 amide bonds. The summed E-state index contributed by atoms with van der Waals surface area (Å²) in [5.74, 6) is 0.0282. The number of hydrogen-bond donors (Lipinski definition) is 1. The standard InChI is InChI=1S/C20H21N3O4S/c1-13-14(2)23-19-12-15(4-9-18(19)22-13)20(24)21-10-11-28(25,26)17-7-5-16(27-3)6-8-17/h4-9,12H,10-11H2,1-3H3,(H,21,24). The quantitative estimate of drug-likeness (QED) is 0.684. The molecule has 3 aromatic rings. The summed E-state index contributed by atoms with van der Waals surface area (Å²) in [6, 6.07) is 11.2. The van der Waals surface area contributed by atoms with Crippen LogP contribution in [0, 0.1) is 13.8 Å². The zero-order valence-electron chi connectivity index (χ0n) is 15.9. The van der Waals surface area contributed by atoms with Crippen LogP contribution in [0.15, 0.2) is 47.4 Å². The number of amides is 1. The molecule has 8 heteroatoms. The van der Waals surface area contributed by atoms with Crippen LogP contribution in [0.3, 0.4) is 0 Å². The third-order valence-corrected chi connectivity index (χ3v) is 6.14. The summed E-state index contributed by atoms with van der Waals surface area (Å²) >= 11 is 0. The largest absolute Gasteiger partial charge is 0.497 e. The lowest BCUT2D eigenvalue weighted by atomic mass is 10.1. The first-order valence-electron chi connectivity index (χ1n) is 8.70. The molecular weight excluding hydrogens is 378 g/mol. The first-order valence-corrected chi connectivity index (χ1v) is 10.4. The molecule has 1 heterocycles. The van der Waals surface area contributed by atoms with E-state index in [1.165, 1.54) is 19.2 Å². The van der Waals surface area contributed by atoms with Crippen LogP contribution in [0.5, 0.6) is 5.75 Å².